The van der Waals surface area contributed by atoms with Crippen LogP contribution in [0.2, 0.25) is 0 Å². The van der Waals surface area contributed by atoms with Gasteiger partial charge in [-0.3, -0.25) is 9.59 Å². The molecule has 12 heavy (non-hydrogen) atoms. The number of carbonyl (C=O) groups excluding carboxylic acids is 2. The first-order valence-corrected chi connectivity index (χ1v) is 4.30. The normalized spacial score (nSPS) is 15.0. The van der Waals surface area contributed by atoms with Gasteiger partial charge in [0.05, 0.1) is 13.2 Å². The summed E-state index contributed by atoms with van der Waals surface area (Å²) in [4.78, 5) is 21.6. The van der Waals surface area contributed by atoms with Gasteiger partial charge in [-0.2, -0.15) is 0 Å². The van der Waals surface area contributed by atoms with Crippen LogP contribution in [0.1, 0.15) is 13.8 Å². The lowest BCUT2D eigenvalue weighted by atomic mass is 10.3. The van der Waals surface area contributed by atoms with Gasteiger partial charge in [-0.05, 0) is 6.92 Å². The van der Waals surface area contributed by atoms with Crippen molar-refractivity contribution < 1.29 is 19.4 Å². The predicted octanol–water partition coefficient (Wildman–Crippen LogP) is 0.188. The minimum Gasteiger partial charge on any atom is -0.468 e. The van der Waals surface area contributed by atoms with Gasteiger partial charge in [0.15, 0.2) is 5.12 Å². The van der Waals surface area contributed by atoms with E-state index < -0.39 is 17.3 Å². The van der Waals surface area contributed by atoms with E-state index in [0.717, 1.165) is 11.8 Å². The molecule has 0 spiro atoms. The number of rotatable bonds is 3. The lowest BCUT2D eigenvalue weighted by Gasteiger charge is -2.14. The number of hydrogen-bond acceptors (Lipinski definition) is 5. The van der Waals surface area contributed by atoms with Crippen LogP contribution in [-0.2, 0) is 14.3 Å². The maximum atomic E-state index is 10.9. The summed E-state index contributed by atoms with van der Waals surface area (Å²) < 4.78 is 4.40. The van der Waals surface area contributed by atoms with Gasteiger partial charge in [-0.25, -0.2) is 0 Å². The summed E-state index contributed by atoms with van der Waals surface area (Å²) in [5.74, 6) is -0.579. The van der Waals surface area contributed by atoms with Crippen LogP contribution in [-0.4, -0.2) is 34.7 Å². The number of aliphatic hydroxyl groups excluding tert-OH is 1. The van der Waals surface area contributed by atoms with Crippen molar-refractivity contribution in [2.24, 2.45) is 0 Å². The quantitative estimate of drug-likeness (QED) is 0.647. The van der Waals surface area contributed by atoms with Crippen LogP contribution in [0, 0.1) is 0 Å². The minimum absolute atomic E-state index is 0.216. The summed E-state index contributed by atoms with van der Waals surface area (Å²) in [6.07, 6.45) is -0.883. The third-order valence-electron chi connectivity index (χ3n) is 1.16. The topological polar surface area (TPSA) is 63.6 Å². The number of hydrogen-bond donors (Lipinski definition) is 1. The van der Waals surface area contributed by atoms with E-state index in [1.54, 1.807) is 0 Å². The lowest BCUT2D eigenvalue weighted by Crippen LogP contribution is -2.30. The summed E-state index contributed by atoms with van der Waals surface area (Å²) >= 11 is 0.777. The summed E-state index contributed by atoms with van der Waals surface area (Å²) in [5.41, 5.74) is 0. The Balaban J connectivity index is 4.23. The molecule has 0 aliphatic rings. The fourth-order valence-corrected chi connectivity index (χ4v) is 1.39. The van der Waals surface area contributed by atoms with Crippen LogP contribution >= 0.6 is 11.8 Å². The zero-order chi connectivity index (χ0) is 9.72. The number of aliphatic hydroxyl groups is 1. The van der Waals surface area contributed by atoms with E-state index in [2.05, 4.69) is 4.74 Å². The zero-order valence-electron chi connectivity index (χ0n) is 7.23. The van der Waals surface area contributed by atoms with Crippen molar-refractivity contribution in [3.8, 4) is 0 Å². The second-order valence-corrected chi connectivity index (χ2v) is 3.61. The van der Waals surface area contributed by atoms with Crippen LogP contribution in [0.4, 0.5) is 0 Å². The Labute approximate surface area is 75.3 Å². The molecule has 70 valence electrons. The summed E-state index contributed by atoms with van der Waals surface area (Å²) in [6.45, 7) is 2.78. The highest BCUT2D eigenvalue weighted by atomic mass is 32.2. The molecule has 0 aromatic heterocycles. The Kier molecular flexibility index (Phi) is 4.92. The highest BCUT2D eigenvalue weighted by Crippen LogP contribution is 2.16. The molecular weight excluding hydrogens is 180 g/mol. The molecule has 0 aliphatic heterocycles. The van der Waals surface area contributed by atoms with Crippen molar-refractivity contribution in [3.63, 3.8) is 0 Å². The van der Waals surface area contributed by atoms with Gasteiger partial charge in [0.1, 0.15) is 5.25 Å². The minimum atomic E-state index is -0.883. The van der Waals surface area contributed by atoms with E-state index in [1.807, 2.05) is 0 Å². The molecule has 0 saturated heterocycles. The summed E-state index contributed by atoms with van der Waals surface area (Å²) in [5, 5.41) is 8.06. The average molecular weight is 192 g/mol. The van der Waals surface area contributed by atoms with Crippen molar-refractivity contribution >= 4 is 22.8 Å². The highest BCUT2D eigenvalue weighted by molar-refractivity contribution is 8.14. The number of esters is 1. The Hall–Kier alpha value is -0.550. The Morgan fingerprint density at radius 3 is 2.25 bits per heavy atom. The fourth-order valence-electron chi connectivity index (χ4n) is 0.638. The first kappa shape index (κ1) is 11.4. The molecule has 0 amide bonds. The number of ether oxygens (including phenoxy) is 1. The van der Waals surface area contributed by atoms with Crippen molar-refractivity contribution in [1.82, 2.24) is 0 Å². The zero-order valence-corrected chi connectivity index (χ0v) is 8.05. The Bertz CT molecular complexity index is 178. The average Bonchev–Trinajstić information content (AvgIpc) is 1.98. The molecule has 1 N–H and O–H groups in total. The smallest absolute Gasteiger partial charge is 0.321 e. The Morgan fingerprint density at radius 2 is 2.00 bits per heavy atom. The molecule has 0 radical (unpaired) electrons. The SMILES string of the molecule is COC(=O)[C@@H](SC(C)=O)[C@H](C)O. The van der Waals surface area contributed by atoms with Gasteiger partial charge in [0.25, 0.3) is 0 Å². The van der Waals surface area contributed by atoms with Crippen molar-refractivity contribution in [3.05, 3.63) is 0 Å². The van der Waals surface area contributed by atoms with E-state index in [4.69, 9.17) is 5.11 Å². The molecule has 0 rings (SSSR count). The molecule has 0 aliphatic carbocycles. The lowest BCUT2D eigenvalue weighted by molar-refractivity contribution is -0.141. The molecular formula is C7H12O4S. The first-order chi connectivity index (χ1) is 5.49. The standard InChI is InChI=1S/C7H12O4S/c1-4(8)6(7(10)11-3)12-5(2)9/h4,6,8H,1-3H3/t4-,6-/m0/s1. The van der Waals surface area contributed by atoms with Crippen molar-refractivity contribution in [2.45, 2.75) is 25.2 Å². The molecule has 0 bridgehead atoms. The highest BCUT2D eigenvalue weighted by Gasteiger charge is 2.26. The predicted molar refractivity (Wildman–Crippen MR) is 45.8 cm³/mol. The van der Waals surface area contributed by atoms with Crippen LogP contribution in [0.25, 0.3) is 0 Å². The van der Waals surface area contributed by atoms with Gasteiger partial charge in [-0.1, -0.05) is 11.8 Å². The number of thioether (sulfide) groups is 1. The third-order valence-corrected chi connectivity index (χ3v) is 2.34. The number of methoxy groups -OCH3 is 1. The second kappa shape index (κ2) is 5.16. The molecule has 0 aromatic carbocycles. The van der Waals surface area contributed by atoms with Gasteiger partial charge < -0.3 is 9.84 Å². The van der Waals surface area contributed by atoms with Crippen molar-refractivity contribution in [2.75, 3.05) is 7.11 Å². The van der Waals surface area contributed by atoms with Crippen LogP contribution in [0.5, 0.6) is 0 Å². The summed E-state index contributed by atoms with van der Waals surface area (Å²) in [7, 11) is 1.22. The van der Waals surface area contributed by atoms with E-state index in [-0.39, 0.29) is 5.12 Å². The summed E-state index contributed by atoms with van der Waals surface area (Å²) in [6, 6.07) is 0. The molecule has 0 heterocycles. The monoisotopic (exact) mass is 192 g/mol. The fraction of sp³-hybridized carbons (Fsp3) is 0.714. The van der Waals surface area contributed by atoms with Crippen LogP contribution < -0.4 is 0 Å². The van der Waals surface area contributed by atoms with Gasteiger partial charge in [0.2, 0.25) is 0 Å². The maximum absolute atomic E-state index is 10.9. The van der Waals surface area contributed by atoms with E-state index in [0.29, 0.717) is 0 Å². The molecule has 5 heteroatoms. The third kappa shape index (κ3) is 3.73. The molecule has 0 saturated carbocycles. The molecule has 2 atom stereocenters. The Morgan fingerprint density at radius 1 is 1.50 bits per heavy atom. The second-order valence-electron chi connectivity index (χ2n) is 2.29. The van der Waals surface area contributed by atoms with Gasteiger partial charge >= 0.3 is 5.97 Å². The van der Waals surface area contributed by atoms with E-state index in [1.165, 1.54) is 21.0 Å². The van der Waals surface area contributed by atoms with Crippen LogP contribution in [0.15, 0.2) is 0 Å². The van der Waals surface area contributed by atoms with Crippen LogP contribution in [0.3, 0.4) is 0 Å². The number of carbonyl (C=O) groups is 2. The molecule has 0 aromatic rings. The largest absolute Gasteiger partial charge is 0.468 e. The van der Waals surface area contributed by atoms with E-state index >= 15 is 0 Å². The van der Waals surface area contributed by atoms with Crippen molar-refractivity contribution in [1.29, 1.82) is 0 Å². The van der Waals surface area contributed by atoms with E-state index in [9.17, 15) is 9.59 Å². The molecule has 4 nitrogen and oxygen atoms in total. The maximum Gasteiger partial charge on any atom is 0.321 e. The van der Waals surface area contributed by atoms with Gasteiger partial charge in [0, 0.05) is 6.92 Å². The molecule has 0 fully saturated rings. The van der Waals surface area contributed by atoms with Gasteiger partial charge in [-0.15, -0.1) is 0 Å². The molecule has 0 unspecified atom stereocenters. The first-order valence-electron chi connectivity index (χ1n) is 3.42.